The maximum absolute atomic E-state index is 11.7. The van der Waals surface area contributed by atoms with Crippen molar-refractivity contribution in [1.82, 2.24) is 5.32 Å². The molecule has 1 aliphatic heterocycles. The van der Waals surface area contributed by atoms with Gasteiger partial charge in [-0.2, -0.15) is 0 Å². The molecule has 0 saturated carbocycles. The maximum Gasteiger partial charge on any atom is 0.220 e. The van der Waals surface area contributed by atoms with Crippen LogP contribution in [0.15, 0.2) is 30.3 Å². The Hall–Kier alpha value is -1.31. The highest BCUT2D eigenvalue weighted by atomic mass is 16.2. The van der Waals surface area contributed by atoms with Crippen LogP contribution >= 0.6 is 0 Å². The van der Waals surface area contributed by atoms with Gasteiger partial charge < -0.3 is 5.32 Å². The van der Waals surface area contributed by atoms with Crippen molar-refractivity contribution >= 4 is 5.91 Å². The Kier molecular flexibility index (Phi) is 3.51. The molecule has 0 aliphatic carbocycles. The van der Waals surface area contributed by atoms with Gasteiger partial charge >= 0.3 is 0 Å². The highest BCUT2D eigenvalue weighted by molar-refractivity contribution is 5.80. The van der Waals surface area contributed by atoms with Crippen LogP contribution in [0.5, 0.6) is 0 Å². The van der Waals surface area contributed by atoms with E-state index in [1.807, 2.05) is 6.07 Å². The molecule has 2 nitrogen and oxygen atoms in total. The Bertz CT molecular complexity index is 387. The molecule has 2 atom stereocenters. The van der Waals surface area contributed by atoms with Crippen molar-refractivity contribution in [2.75, 3.05) is 0 Å². The molecule has 2 rings (SSSR count). The maximum atomic E-state index is 11.7. The van der Waals surface area contributed by atoms with Crippen LogP contribution in [-0.4, -0.2) is 11.9 Å². The van der Waals surface area contributed by atoms with Gasteiger partial charge in [0.2, 0.25) is 5.91 Å². The van der Waals surface area contributed by atoms with Gasteiger partial charge in [-0.05, 0) is 24.8 Å². The zero-order valence-corrected chi connectivity index (χ0v) is 10.7. The smallest absolute Gasteiger partial charge is 0.220 e. The lowest BCUT2D eigenvalue weighted by Crippen LogP contribution is -2.37. The van der Waals surface area contributed by atoms with Crippen molar-refractivity contribution in [2.45, 2.75) is 45.6 Å². The Balaban J connectivity index is 2.22. The van der Waals surface area contributed by atoms with E-state index in [1.165, 1.54) is 5.56 Å². The van der Waals surface area contributed by atoms with Gasteiger partial charge in [0.25, 0.3) is 0 Å². The number of rotatable bonds is 4. The second kappa shape index (κ2) is 4.91. The van der Waals surface area contributed by atoms with Crippen LogP contribution in [0.3, 0.4) is 0 Å². The van der Waals surface area contributed by atoms with Crippen molar-refractivity contribution in [3.05, 3.63) is 35.9 Å². The lowest BCUT2D eigenvalue weighted by molar-refractivity contribution is -0.119. The van der Waals surface area contributed by atoms with Gasteiger partial charge in [0.05, 0.1) is 0 Å². The standard InChI is InChI=1S/C15H21NO/c1-3-13-15(4-2,11-14(17)16-13)10-12-8-6-5-7-9-12/h5-9,13H,3-4,10-11H2,1-2H3,(H,16,17). The summed E-state index contributed by atoms with van der Waals surface area (Å²) in [5.41, 5.74) is 1.46. The summed E-state index contributed by atoms with van der Waals surface area (Å²) in [7, 11) is 0. The normalized spacial score (nSPS) is 28.1. The van der Waals surface area contributed by atoms with E-state index in [4.69, 9.17) is 0 Å². The van der Waals surface area contributed by atoms with Gasteiger partial charge in [0, 0.05) is 17.9 Å². The zero-order valence-electron chi connectivity index (χ0n) is 10.7. The second-order valence-electron chi connectivity index (χ2n) is 5.08. The molecule has 1 amide bonds. The predicted octanol–water partition coefficient (Wildman–Crippen LogP) is 2.92. The fourth-order valence-corrected chi connectivity index (χ4v) is 3.06. The Morgan fingerprint density at radius 1 is 1.29 bits per heavy atom. The van der Waals surface area contributed by atoms with Crippen molar-refractivity contribution in [3.8, 4) is 0 Å². The molecular weight excluding hydrogens is 210 g/mol. The van der Waals surface area contributed by atoms with E-state index in [0.717, 1.165) is 19.3 Å². The molecule has 1 aromatic rings. The molecule has 0 spiro atoms. The summed E-state index contributed by atoms with van der Waals surface area (Å²) in [5.74, 6) is 0.217. The molecule has 1 fully saturated rings. The summed E-state index contributed by atoms with van der Waals surface area (Å²) < 4.78 is 0. The van der Waals surface area contributed by atoms with Gasteiger partial charge in [0.15, 0.2) is 0 Å². The van der Waals surface area contributed by atoms with Crippen LogP contribution in [0.1, 0.15) is 38.7 Å². The molecule has 1 heterocycles. The molecular formula is C15H21NO. The van der Waals surface area contributed by atoms with Crippen LogP contribution in [0, 0.1) is 5.41 Å². The van der Waals surface area contributed by atoms with Gasteiger partial charge in [-0.1, -0.05) is 44.2 Å². The zero-order chi connectivity index (χ0) is 12.3. The third-order valence-corrected chi connectivity index (χ3v) is 4.10. The third kappa shape index (κ3) is 2.36. The van der Waals surface area contributed by atoms with Crippen molar-refractivity contribution in [2.24, 2.45) is 5.41 Å². The van der Waals surface area contributed by atoms with Crippen LogP contribution in [0.4, 0.5) is 0 Å². The molecule has 0 aromatic heterocycles. The van der Waals surface area contributed by atoms with Gasteiger partial charge in [0.1, 0.15) is 0 Å². The van der Waals surface area contributed by atoms with Crippen LogP contribution in [0.25, 0.3) is 0 Å². The quantitative estimate of drug-likeness (QED) is 0.848. The average molecular weight is 231 g/mol. The first kappa shape index (κ1) is 12.2. The molecule has 2 unspecified atom stereocenters. The molecule has 1 aliphatic rings. The molecule has 0 radical (unpaired) electrons. The topological polar surface area (TPSA) is 29.1 Å². The highest BCUT2D eigenvalue weighted by Crippen LogP contribution is 2.40. The summed E-state index contributed by atoms with van der Waals surface area (Å²) in [6, 6.07) is 10.8. The lowest BCUT2D eigenvalue weighted by atomic mass is 9.72. The van der Waals surface area contributed by atoms with E-state index >= 15 is 0 Å². The number of nitrogens with one attached hydrogen (secondary N) is 1. The van der Waals surface area contributed by atoms with E-state index in [9.17, 15) is 4.79 Å². The van der Waals surface area contributed by atoms with Gasteiger partial charge in [-0.3, -0.25) is 4.79 Å². The first-order chi connectivity index (χ1) is 8.20. The fourth-order valence-electron chi connectivity index (χ4n) is 3.06. The van der Waals surface area contributed by atoms with Crippen LogP contribution in [0.2, 0.25) is 0 Å². The minimum atomic E-state index is 0.118. The van der Waals surface area contributed by atoms with E-state index < -0.39 is 0 Å². The summed E-state index contributed by atoms with van der Waals surface area (Å²) in [5, 5.41) is 3.13. The largest absolute Gasteiger partial charge is 0.353 e. The fraction of sp³-hybridized carbons (Fsp3) is 0.533. The Labute approximate surface area is 103 Å². The van der Waals surface area contributed by atoms with E-state index in [1.54, 1.807) is 0 Å². The van der Waals surface area contributed by atoms with Crippen LogP contribution in [-0.2, 0) is 11.2 Å². The number of hydrogen-bond donors (Lipinski definition) is 1. The summed E-state index contributed by atoms with van der Waals surface area (Å²) in [6.45, 7) is 4.36. The highest BCUT2D eigenvalue weighted by Gasteiger charge is 2.44. The first-order valence-corrected chi connectivity index (χ1v) is 6.53. The number of carbonyl (C=O) groups excluding carboxylic acids is 1. The lowest BCUT2D eigenvalue weighted by Gasteiger charge is -2.33. The summed E-state index contributed by atoms with van der Waals surface area (Å²) >= 11 is 0. The van der Waals surface area contributed by atoms with Crippen molar-refractivity contribution < 1.29 is 4.79 Å². The Morgan fingerprint density at radius 2 is 2.00 bits per heavy atom. The van der Waals surface area contributed by atoms with Gasteiger partial charge in [-0.15, -0.1) is 0 Å². The average Bonchev–Trinajstić information content (AvgIpc) is 2.67. The number of hydrogen-bond acceptors (Lipinski definition) is 1. The monoisotopic (exact) mass is 231 g/mol. The minimum absolute atomic E-state index is 0.118. The van der Waals surface area contributed by atoms with Gasteiger partial charge in [-0.25, -0.2) is 0 Å². The van der Waals surface area contributed by atoms with Crippen molar-refractivity contribution in [1.29, 1.82) is 0 Å². The number of amides is 1. The number of carbonyl (C=O) groups is 1. The molecule has 1 N–H and O–H groups in total. The Morgan fingerprint density at radius 3 is 2.59 bits per heavy atom. The second-order valence-corrected chi connectivity index (χ2v) is 5.08. The van der Waals surface area contributed by atoms with Crippen LogP contribution < -0.4 is 5.32 Å². The molecule has 1 saturated heterocycles. The summed E-state index contributed by atoms with van der Waals surface area (Å²) in [6.07, 6.45) is 3.75. The van der Waals surface area contributed by atoms with Crippen molar-refractivity contribution in [3.63, 3.8) is 0 Å². The minimum Gasteiger partial charge on any atom is -0.353 e. The summed E-state index contributed by atoms with van der Waals surface area (Å²) in [4.78, 5) is 11.7. The molecule has 17 heavy (non-hydrogen) atoms. The third-order valence-electron chi connectivity index (χ3n) is 4.10. The van der Waals surface area contributed by atoms with E-state index in [0.29, 0.717) is 12.5 Å². The first-order valence-electron chi connectivity index (χ1n) is 6.53. The predicted molar refractivity (Wildman–Crippen MR) is 69.7 cm³/mol. The molecule has 92 valence electrons. The van der Waals surface area contributed by atoms with E-state index in [-0.39, 0.29) is 11.3 Å². The molecule has 1 aromatic carbocycles. The molecule has 2 heteroatoms. The molecule has 0 bridgehead atoms. The SMILES string of the molecule is CCC1NC(=O)CC1(CC)Cc1ccccc1. The van der Waals surface area contributed by atoms with E-state index in [2.05, 4.69) is 43.4 Å². The number of benzene rings is 1.